The first kappa shape index (κ1) is 27.0. The fourth-order valence-corrected chi connectivity index (χ4v) is 3.96. The number of rotatable bonds is 12. The highest BCUT2D eigenvalue weighted by Crippen LogP contribution is 2.25. The van der Waals surface area contributed by atoms with Crippen molar-refractivity contribution in [1.29, 1.82) is 0 Å². The molecule has 0 aliphatic rings. The quantitative estimate of drug-likeness (QED) is 0.0773. The first-order chi connectivity index (χ1) is 17.3. The number of aliphatic hydroxyl groups excluding tert-OH is 1. The van der Waals surface area contributed by atoms with E-state index in [0.717, 1.165) is 29.1 Å². The van der Waals surface area contributed by atoms with E-state index in [4.69, 9.17) is 14.2 Å². The minimum Gasteiger partial charge on any atom is -0.462 e. The maximum Gasteiger partial charge on any atom is 0.343 e. The van der Waals surface area contributed by atoms with Gasteiger partial charge in [-0.1, -0.05) is 36.4 Å². The first-order valence-electron chi connectivity index (χ1n) is 11.6. The van der Waals surface area contributed by atoms with E-state index in [1.54, 1.807) is 55.1 Å². The Morgan fingerprint density at radius 1 is 0.917 bits per heavy atom. The normalized spacial score (nSPS) is 11.4. The van der Waals surface area contributed by atoms with E-state index >= 15 is 0 Å². The maximum atomic E-state index is 12.3. The van der Waals surface area contributed by atoms with Crippen molar-refractivity contribution in [1.82, 2.24) is 0 Å². The number of hydrogen-bond acceptors (Lipinski definition) is 7. The summed E-state index contributed by atoms with van der Waals surface area (Å²) in [5.74, 6) is 0.983. The van der Waals surface area contributed by atoms with E-state index in [-0.39, 0.29) is 5.97 Å². The Morgan fingerprint density at radius 2 is 1.56 bits per heavy atom. The molecule has 0 saturated carbocycles. The van der Waals surface area contributed by atoms with E-state index in [1.165, 1.54) is 0 Å². The monoisotopic (exact) mass is 506 g/mol. The molecule has 0 aliphatic heterocycles. The Balaban J connectivity index is 1.42. The topological polar surface area (TPSA) is 82.1 Å². The summed E-state index contributed by atoms with van der Waals surface area (Å²) in [5, 5.41) is 10.4. The van der Waals surface area contributed by atoms with Gasteiger partial charge in [-0.25, -0.2) is 9.59 Å². The van der Waals surface area contributed by atoms with E-state index in [2.05, 4.69) is 6.58 Å². The number of hydrogen-bond donors (Lipinski definition) is 1. The molecule has 0 saturated heterocycles. The molecular weight excluding hydrogens is 476 g/mol. The lowest BCUT2D eigenvalue weighted by Gasteiger charge is -2.14. The van der Waals surface area contributed by atoms with Crippen LogP contribution in [0.4, 0.5) is 0 Å². The van der Waals surface area contributed by atoms with Gasteiger partial charge in [-0.05, 0) is 81.0 Å². The van der Waals surface area contributed by atoms with Crippen LogP contribution in [0.5, 0.6) is 11.5 Å². The van der Waals surface area contributed by atoms with Gasteiger partial charge in [0.2, 0.25) is 6.29 Å². The van der Waals surface area contributed by atoms with Gasteiger partial charge >= 0.3 is 11.9 Å². The summed E-state index contributed by atoms with van der Waals surface area (Å²) in [4.78, 5) is 24.7. The van der Waals surface area contributed by atoms with Gasteiger partial charge in [-0.15, -0.1) is 11.8 Å². The van der Waals surface area contributed by atoms with Crippen LogP contribution in [0, 0.1) is 6.92 Å². The van der Waals surface area contributed by atoms with Gasteiger partial charge in [0.25, 0.3) is 0 Å². The largest absolute Gasteiger partial charge is 0.462 e. The van der Waals surface area contributed by atoms with Gasteiger partial charge < -0.3 is 19.3 Å². The summed E-state index contributed by atoms with van der Waals surface area (Å²) in [6.07, 6.45) is 0.562. The van der Waals surface area contributed by atoms with Gasteiger partial charge in [-0.3, -0.25) is 0 Å². The minimum atomic E-state index is -1.14. The van der Waals surface area contributed by atoms with Crippen molar-refractivity contribution in [2.45, 2.75) is 37.9 Å². The van der Waals surface area contributed by atoms with Crippen LogP contribution in [0.15, 0.2) is 89.8 Å². The van der Waals surface area contributed by atoms with Crippen molar-refractivity contribution < 1.29 is 28.9 Å². The fourth-order valence-electron chi connectivity index (χ4n) is 3.05. The predicted octanol–water partition coefficient (Wildman–Crippen LogP) is 6.28. The zero-order valence-electron chi connectivity index (χ0n) is 20.4. The van der Waals surface area contributed by atoms with Crippen molar-refractivity contribution in [3.63, 3.8) is 0 Å². The Labute approximate surface area is 215 Å². The number of thioether (sulfide) groups is 1. The number of benzene rings is 3. The summed E-state index contributed by atoms with van der Waals surface area (Å²) in [7, 11) is 0. The van der Waals surface area contributed by atoms with Gasteiger partial charge in [-0.2, -0.15) is 0 Å². The number of carbonyl (C=O) groups excluding carboxylic acids is 2. The number of carbonyl (C=O) groups is 2. The average molecular weight is 507 g/mol. The molecule has 0 spiro atoms. The van der Waals surface area contributed by atoms with Crippen LogP contribution in [0.3, 0.4) is 0 Å². The summed E-state index contributed by atoms with van der Waals surface area (Å²) in [5.41, 5.74) is 2.49. The highest BCUT2D eigenvalue weighted by atomic mass is 32.2. The van der Waals surface area contributed by atoms with Crippen molar-refractivity contribution in [3.8, 4) is 11.5 Å². The third kappa shape index (κ3) is 8.59. The molecule has 36 heavy (non-hydrogen) atoms. The molecule has 1 atom stereocenters. The standard InChI is InChI=1S/C29H30O6S/c1-20(2)27(30)33-18-4-5-19-36-26-16-10-23(11-17-26)29(32)35-25-14-8-22(9-15-25)28(31)34-24-12-6-21(3)7-13-24/h6-17,29,32H,1,4-5,18-19H2,2-3H3. The third-order valence-corrected chi connectivity index (χ3v) is 6.22. The Hall–Kier alpha value is -3.55. The molecule has 0 amide bonds. The highest BCUT2D eigenvalue weighted by molar-refractivity contribution is 7.99. The Morgan fingerprint density at radius 3 is 2.19 bits per heavy atom. The smallest absolute Gasteiger partial charge is 0.343 e. The van der Waals surface area contributed by atoms with Crippen LogP contribution in [-0.2, 0) is 9.53 Å². The van der Waals surface area contributed by atoms with Crippen molar-refractivity contribution in [3.05, 3.63) is 102 Å². The lowest BCUT2D eigenvalue weighted by atomic mass is 10.2. The molecule has 7 heteroatoms. The molecule has 0 radical (unpaired) electrons. The van der Waals surface area contributed by atoms with Crippen LogP contribution < -0.4 is 9.47 Å². The zero-order chi connectivity index (χ0) is 25.9. The maximum absolute atomic E-state index is 12.3. The van der Waals surface area contributed by atoms with Gasteiger partial charge in [0.05, 0.1) is 12.2 Å². The van der Waals surface area contributed by atoms with Crippen LogP contribution >= 0.6 is 11.8 Å². The number of unbranched alkanes of at least 4 members (excludes halogenated alkanes) is 1. The molecule has 0 aliphatic carbocycles. The number of aliphatic hydroxyl groups is 1. The minimum absolute atomic E-state index is 0.351. The molecule has 188 valence electrons. The second-order valence-corrected chi connectivity index (χ2v) is 9.41. The predicted molar refractivity (Wildman–Crippen MR) is 140 cm³/mol. The van der Waals surface area contributed by atoms with Crippen LogP contribution in [0.2, 0.25) is 0 Å². The SMILES string of the molecule is C=C(C)C(=O)OCCCCSc1ccc(C(O)Oc2ccc(C(=O)Oc3ccc(C)cc3)cc2)cc1. The van der Waals surface area contributed by atoms with E-state index in [0.29, 0.717) is 34.8 Å². The molecule has 6 nitrogen and oxygen atoms in total. The van der Waals surface area contributed by atoms with Crippen LogP contribution in [-0.4, -0.2) is 29.4 Å². The van der Waals surface area contributed by atoms with Crippen molar-refractivity contribution in [2.75, 3.05) is 12.4 Å². The van der Waals surface area contributed by atoms with Crippen LogP contribution in [0.25, 0.3) is 0 Å². The van der Waals surface area contributed by atoms with Gasteiger partial charge in [0, 0.05) is 16.0 Å². The molecule has 3 aromatic carbocycles. The molecule has 0 aromatic heterocycles. The third-order valence-electron chi connectivity index (χ3n) is 5.12. The molecule has 3 aromatic rings. The van der Waals surface area contributed by atoms with E-state index in [9.17, 15) is 14.7 Å². The molecule has 1 N–H and O–H groups in total. The first-order valence-corrected chi connectivity index (χ1v) is 12.6. The number of ether oxygens (including phenoxy) is 3. The highest BCUT2D eigenvalue weighted by Gasteiger charge is 2.12. The molecule has 0 bridgehead atoms. The molecular formula is C29H30O6S. The summed E-state index contributed by atoms with van der Waals surface area (Å²) in [6, 6.07) is 21.2. The molecule has 0 heterocycles. The fraction of sp³-hybridized carbons (Fsp3) is 0.241. The van der Waals surface area contributed by atoms with Crippen molar-refractivity contribution in [2.24, 2.45) is 0 Å². The Kier molecular flexibility index (Phi) is 10.2. The second-order valence-electron chi connectivity index (χ2n) is 8.24. The number of esters is 2. The zero-order valence-corrected chi connectivity index (χ0v) is 21.3. The van der Waals surface area contributed by atoms with E-state index in [1.807, 2.05) is 43.3 Å². The lowest BCUT2D eigenvalue weighted by Crippen LogP contribution is -2.09. The van der Waals surface area contributed by atoms with Crippen molar-refractivity contribution >= 4 is 23.7 Å². The van der Waals surface area contributed by atoms with Gasteiger partial charge in [0.1, 0.15) is 11.5 Å². The van der Waals surface area contributed by atoms with E-state index < -0.39 is 12.3 Å². The molecule has 3 rings (SSSR count). The summed E-state index contributed by atoms with van der Waals surface area (Å²) < 4.78 is 16.1. The summed E-state index contributed by atoms with van der Waals surface area (Å²) >= 11 is 1.69. The second kappa shape index (κ2) is 13.5. The lowest BCUT2D eigenvalue weighted by molar-refractivity contribution is -0.139. The Bertz CT molecular complexity index is 1150. The van der Waals surface area contributed by atoms with Gasteiger partial charge in [0.15, 0.2) is 0 Å². The summed E-state index contributed by atoms with van der Waals surface area (Å²) in [6.45, 7) is 7.54. The number of aryl methyl sites for hydroxylation is 1. The molecule has 0 fully saturated rings. The average Bonchev–Trinajstić information content (AvgIpc) is 2.88. The molecule has 1 unspecified atom stereocenters. The van der Waals surface area contributed by atoms with Crippen LogP contribution in [0.1, 0.15) is 47.5 Å².